The second kappa shape index (κ2) is 8.76. The Hall–Kier alpha value is -3.38. The van der Waals surface area contributed by atoms with Crippen molar-refractivity contribution in [1.29, 1.82) is 0 Å². The quantitative estimate of drug-likeness (QED) is 0.283. The standard InChI is InChI=1S/C27H26ClN3O3/c1-15-18-6-5-11-34-23(18)8-7-19(15)26-20(14-25(32)33-4)16(2)30-27-21(26)13-22(31(27)3)17-9-10-29-24(28)12-17/h7-10,12-13H,5-6,11,14H2,1-4H3. The fourth-order valence-electron chi connectivity index (χ4n) is 4.94. The zero-order valence-electron chi connectivity index (χ0n) is 19.7. The molecule has 0 radical (unpaired) electrons. The molecular weight excluding hydrogens is 450 g/mol. The number of aryl methyl sites for hydroxylation is 2. The largest absolute Gasteiger partial charge is 0.493 e. The highest BCUT2D eigenvalue weighted by Crippen LogP contribution is 2.42. The van der Waals surface area contributed by atoms with E-state index in [2.05, 4.69) is 28.6 Å². The first-order valence-corrected chi connectivity index (χ1v) is 11.7. The second-order valence-corrected chi connectivity index (χ2v) is 9.05. The molecule has 0 saturated carbocycles. The van der Waals surface area contributed by atoms with E-state index in [-0.39, 0.29) is 12.4 Å². The Kier molecular flexibility index (Phi) is 5.78. The van der Waals surface area contributed by atoms with Crippen molar-refractivity contribution < 1.29 is 14.3 Å². The molecule has 0 atom stereocenters. The molecule has 7 heteroatoms. The number of halogens is 1. The third kappa shape index (κ3) is 3.72. The Morgan fingerprint density at radius 1 is 1.24 bits per heavy atom. The van der Waals surface area contributed by atoms with Gasteiger partial charge in [0.15, 0.2) is 0 Å². The number of methoxy groups -OCH3 is 1. The van der Waals surface area contributed by atoms with Gasteiger partial charge >= 0.3 is 5.97 Å². The average molecular weight is 476 g/mol. The molecule has 6 nitrogen and oxygen atoms in total. The summed E-state index contributed by atoms with van der Waals surface area (Å²) in [6, 6.07) is 10.1. The van der Waals surface area contributed by atoms with Crippen molar-refractivity contribution >= 4 is 28.6 Å². The van der Waals surface area contributed by atoms with Crippen molar-refractivity contribution in [3.05, 3.63) is 64.1 Å². The molecule has 0 saturated heterocycles. The number of carbonyl (C=O) groups excluding carboxylic acids is 1. The molecule has 0 spiro atoms. The number of ether oxygens (including phenoxy) is 2. The highest BCUT2D eigenvalue weighted by molar-refractivity contribution is 6.29. The van der Waals surface area contributed by atoms with Crippen LogP contribution in [0.3, 0.4) is 0 Å². The molecule has 0 N–H and O–H groups in total. The van der Waals surface area contributed by atoms with Crippen molar-refractivity contribution in [2.75, 3.05) is 13.7 Å². The first-order chi connectivity index (χ1) is 16.4. The van der Waals surface area contributed by atoms with E-state index in [1.807, 2.05) is 32.2 Å². The number of hydrogen-bond donors (Lipinski definition) is 0. The fraction of sp³-hybridized carbons (Fsp3) is 0.296. The molecule has 1 aromatic carbocycles. The van der Waals surface area contributed by atoms with Gasteiger partial charge in [-0.1, -0.05) is 17.7 Å². The minimum atomic E-state index is -0.290. The Bertz CT molecular complexity index is 1440. The van der Waals surface area contributed by atoms with Crippen LogP contribution in [0, 0.1) is 13.8 Å². The lowest BCUT2D eigenvalue weighted by molar-refractivity contribution is -0.139. The van der Waals surface area contributed by atoms with E-state index >= 15 is 0 Å². The number of esters is 1. The van der Waals surface area contributed by atoms with E-state index in [1.54, 1.807) is 6.20 Å². The molecule has 174 valence electrons. The zero-order valence-corrected chi connectivity index (χ0v) is 20.5. The van der Waals surface area contributed by atoms with Crippen molar-refractivity contribution in [2.45, 2.75) is 33.1 Å². The Balaban J connectivity index is 1.83. The van der Waals surface area contributed by atoms with Crippen LogP contribution in [-0.2, 0) is 29.4 Å². The van der Waals surface area contributed by atoms with Gasteiger partial charge in [-0.05, 0) is 78.8 Å². The molecule has 0 aliphatic carbocycles. The zero-order chi connectivity index (χ0) is 24.0. The van der Waals surface area contributed by atoms with Gasteiger partial charge in [-0.25, -0.2) is 9.97 Å². The molecule has 1 aliphatic heterocycles. The summed E-state index contributed by atoms with van der Waals surface area (Å²) in [5, 5.41) is 1.42. The maximum atomic E-state index is 12.4. The predicted octanol–water partition coefficient (Wildman–Crippen LogP) is 5.61. The summed E-state index contributed by atoms with van der Waals surface area (Å²) in [5.74, 6) is 0.658. The lowest BCUT2D eigenvalue weighted by Gasteiger charge is -2.23. The van der Waals surface area contributed by atoms with Gasteiger partial charge in [-0.3, -0.25) is 4.79 Å². The number of carbonyl (C=O) groups is 1. The minimum Gasteiger partial charge on any atom is -0.493 e. The molecule has 34 heavy (non-hydrogen) atoms. The number of rotatable bonds is 4. The summed E-state index contributed by atoms with van der Waals surface area (Å²) >= 11 is 6.19. The third-order valence-corrected chi connectivity index (χ3v) is 6.91. The molecule has 4 heterocycles. The van der Waals surface area contributed by atoms with E-state index in [4.69, 9.17) is 26.1 Å². The van der Waals surface area contributed by atoms with Gasteiger partial charge in [0.25, 0.3) is 0 Å². The van der Waals surface area contributed by atoms with E-state index in [0.29, 0.717) is 5.15 Å². The molecule has 0 amide bonds. The summed E-state index contributed by atoms with van der Waals surface area (Å²) in [6.07, 6.45) is 3.82. The Morgan fingerprint density at radius 2 is 2.06 bits per heavy atom. The monoisotopic (exact) mass is 475 g/mol. The fourth-order valence-corrected chi connectivity index (χ4v) is 5.11. The average Bonchev–Trinajstić information content (AvgIpc) is 3.16. The van der Waals surface area contributed by atoms with Gasteiger partial charge in [-0.2, -0.15) is 0 Å². The van der Waals surface area contributed by atoms with Gasteiger partial charge in [0.1, 0.15) is 16.5 Å². The first kappa shape index (κ1) is 22.4. The van der Waals surface area contributed by atoms with Crippen LogP contribution in [0.15, 0.2) is 36.5 Å². The summed E-state index contributed by atoms with van der Waals surface area (Å²) in [6.45, 7) is 4.83. The van der Waals surface area contributed by atoms with Crippen LogP contribution < -0.4 is 4.74 Å². The van der Waals surface area contributed by atoms with Gasteiger partial charge in [0, 0.05) is 29.9 Å². The van der Waals surface area contributed by atoms with Crippen LogP contribution in [0.4, 0.5) is 0 Å². The van der Waals surface area contributed by atoms with Crippen LogP contribution in [0.1, 0.15) is 28.8 Å². The van der Waals surface area contributed by atoms with Crippen LogP contribution in [0.2, 0.25) is 5.15 Å². The molecule has 1 aliphatic rings. The lowest BCUT2D eigenvalue weighted by Crippen LogP contribution is -2.12. The van der Waals surface area contributed by atoms with Crippen molar-refractivity contribution in [3.8, 4) is 28.1 Å². The highest BCUT2D eigenvalue weighted by Gasteiger charge is 2.24. The van der Waals surface area contributed by atoms with E-state index in [0.717, 1.165) is 69.9 Å². The summed E-state index contributed by atoms with van der Waals surface area (Å²) in [4.78, 5) is 21.4. The normalized spacial score (nSPS) is 13.0. The molecular formula is C27H26ClN3O3. The predicted molar refractivity (Wildman–Crippen MR) is 133 cm³/mol. The maximum Gasteiger partial charge on any atom is 0.310 e. The van der Waals surface area contributed by atoms with Gasteiger partial charge in [-0.15, -0.1) is 0 Å². The number of pyridine rings is 2. The minimum absolute atomic E-state index is 0.152. The van der Waals surface area contributed by atoms with Gasteiger partial charge in [0.2, 0.25) is 0 Å². The van der Waals surface area contributed by atoms with E-state index < -0.39 is 0 Å². The smallest absolute Gasteiger partial charge is 0.310 e. The van der Waals surface area contributed by atoms with Crippen molar-refractivity contribution in [2.24, 2.45) is 7.05 Å². The van der Waals surface area contributed by atoms with Crippen molar-refractivity contribution in [3.63, 3.8) is 0 Å². The molecule has 5 rings (SSSR count). The topological polar surface area (TPSA) is 66.2 Å². The lowest BCUT2D eigenvalue weighted by atomic mass is 9.88. The van der Waals surface area contributed by atoms with Crippen molar-refractivity contribution in [1.82, 2.24) is 14.5 Å². The van der Waals surface area contributed by atoms with Gasteiger partial charge in [0.05, 0.1) is 25.8 Å². The van der Waals surface area contributed by atoms with E-state index in [1.165, 1.54) is 18.2 Å². The highest BCUT2D eigenvalue weighted by atomic mass is 35.5. The van der Waals surface area contributed by atoms with Crippen LogP contribution in [0.5, 0.6) is 5.75 Å². The van der Waals surface area contributed by atoms with Crippen LogP contribution in [0.25, 0.3) is 33.4 Å². The Labute approximate surface area is 203 Å². The number of hydrogen-bond acceptors (Lipinski definition) is 5. The maximum absolute atomic E-state index is 12.4. The number of benzene rings is 1. The number of nitrogens with zero attached hydrogens (tertiary/aromatic N) is 3. The second-order valence-electron chi connectivity index (χ2n) is 8.66. The Morgan fingerprint density at radius 3 is 2.82 bits per heavy atom. The molecule has 0 bridgehead atoms. The van der Waals surface area contributed by atoms with Crippen LogP contribution in [-0.4, -0.2) is 34.2 Å². The SMILES string of the molecule is COC(=O)Cc1c(C)nc2c(cc(-c3ccnc(Cl)c3)n2C)c1-c1ccc2c(c1C)CCCO2. The molecule has 3 aromatic heterocycles. The summed E-state index contributed by atoms with van der Waals surface area (Å²) < 4.78 is 13.0. The molecule has 0 unspecified atom stereocenters. The first-order valence-electron chi connectivity index (χ1n) is 11.3. The molecule has 4 aromatic rings. The van der Waals surface area contributed by atoms with E-state index in [9.17, 15) is 4.79 Å². The summed E-state index contributed by atoms with van der Waals surface area (Å²) in [7, 11) is 3.41. The molecule has 0 fully saturated rings. The van der Waals surface area contributed by atoms with Gasteiger partial charge < -0.3 is 14.0 Å². The number of aromatic nitrogens is 3. The third-order valence-electron chi connectivity index (χ3n) is 6.71. The number of fused-ring (bicyclic) bond motifs is 2. The summed E-state index contributed by atoms with van der Waals surface area (Å²) in [5.41, 5.74) is 8.96. The van der Waals surface area contributed by atoms with Crippen LogP contribution >= 0.6 is 11.6 Å².